The largest absolute Gasteiger partial charge is 0.310 e. The molecule has 306 valence electrons. The molecule has 4 nitrogen and oxygen atoms in total. The summed E-state index contributed by atoms with van der Waals surface area (Å²) in [5, 5.41) is 7.62. The molecule has 0 amide bonds. The lowest BCUT2D eigenvalue weighted by atomic mass is 9.82. The fraction of sp³-hybridized carbons (Fsp3) is 0.0492. The molecule has 1 aliphatic carbocycles. The highest BCUT2D eigenvalue weighted by atomic mass is 15.1. The van der Waals surface area contributed by atoms with E-state index < -0.39 is 0 Å². The average molecular weight is 831 g/mol. The molecule has 2 heterocycles. The highest BCUT2D eigenvalue weighted by molar-refractivity contribution is 6.27. The highest BCUT2D eigenvalue weighted by Crippen LogP contribution is 2.51. The van der Waals surface area contributed by atoms with Crippen LogP contribution in [0.15, 0.2) is 219 Å². The van der Waals surface area contributed by atoms with Crippen molar-refractivity contribution in [3.63, 3.8) is 0 Å². The Morgan fingerprint density at radius 1 is 0.431 bits per heavy atom. The van der Waals surface area contributed by atoms with Crippen LogP contribution in [0.1, 0.15) is 25.0 Å². The number of fused-ring (bicyclic) bond motifs is 4. The van der Waals surface area contributed by atoms with Crippen LogP contribution in [-0.4, -0.2) is 14.4 Å². The van der Waals surface area contributed by atoms with Crippen molar-refractivity contribution < 1.29 is 0 Å². The van der Waals surface area contributed by atoms with E-state index in [1.165, 1.54) is 88.0 Å². The van der Waals surface area contributed by atoms with Gasteiger partial charge in [-0.1, -0.05) is 172 Å². The summed E-state index contributed by atoms with van der Waals surface area (Å²) in [6.45, 7) is 4.71. The number of hydrogen-bond acceptors (Lipinski definition) is 3. The Balaban J connectivity index is 0.890. The van der Waals surface area contributed by atoms with Gasteiger partial charge in [-0.05, 0) is 130 Å². The van der Waals surface area contributed by atoms with Crippen LogP contribution >= 0.6 is 0 Å². The van der Waals surface area contributed by atoms with Gasteiger partial charge < -0.3 is 4.90 Å². The molecule has 0 spiro atoms. The van der Waals surface area contributed by atoms with Crippen molar-refractivity contribution in [3.05, 3.63) is 230 Å². The van der Waals surface area contributed by atoms with Gasteiger partial charge in [-0.15, -0.1) is 0 Å². The zero-order chi connectivity index (χ0) is 43.2. The molecule has 0 atom stereocenters. The van der Waals surface area contributed by atoms with E-state index in [4.69, 9.17) is 4.98 Å². The van der Waals surface area contributed by atoms with Crippen LogP contribution in [0.4, 0.5) is 17.1 Å². The second-order valence-corrected chi connectivity index (χ2v) is 17.9. The lowest BCUT2D eigenvalue weighted by Crippen LogP contribution is -2.16. The van der Waals surface area contributed by atoms with Crippen LogP contribution in [0, 0.1) is 0 Å². The minimum absolute atomic E-state index is 0.107. The van der Waals surface area contributed by atoms with E-state index in [1.807, 2.05) is 22.9 Å². The Kier molecular flexibility index (Phi) is 8.22. The zero-order valence-corrected chi connectivity index (χ0v) is 36.1. The summed E-state index contributed by atoms with van der Waals surface area (Å²) < 4.78 is 1.96. The molecule has 0 saturated carbocycles. The first kappa shape index (κ1) is 37.2. The summed E-state index contributed by atoms with van der Waals surface area (Å²) >= 11 is 0. The van der Waals surface area contributed by atoms with E-state index in [0.29, 0.717) is 5.78 Å². The lowest BCUT2D eigenvalue weighted by molar-refractivity contribution is 0.660. The Bertz CT molecular complexity index is 3740. The van der Waals surface area contributed by atoms with Crippen LogP contribution in [0.2, 0.25) is 0 Å². The maximum absolute atomic E-state index is 4.75. The number of rotatable bonds is 7. The van der Waals surface area contributed by atoms with Crippen LogP contribution < -0.4 is 4.90 Å². The molecule has 0 fully saturated rings. The van der Waals surface area contributed by atoms with Crippen molar-refractivity contribution in [1.82, 2.24) is 14.4 Å². The van der Waals surface area contributed by atoms with Gasteiger partial charge in [-0.2, -0.15) is 0 Å². The Hall–Kier alpha value is -8.34. The summed E-state index contributed by atoms with van der Waals surface area (Å²) in [5.41, 5.74) is 17.9. The molecule has 0 saturated heterocycles. The molecular formula is C61H42N4. The lowest BCUT2D eigenvalue weighted by Gasteiger charge is -2.28. The van der Waals surface area contributed by atoms with Crippen molar-refractivity contribution in [3.8, 4) is 55.8 Å². The fourth-order valence-electron chi connectivity index (χ4n) is 10.6. The first-order chi connectivity index (χ1) is 32.0. The number of aromatic nitrogens is 3. The molecule has 0 N–H and O–H groups in total. The first-order valence-electron chi connectivity index (χ1n) is 22.4. The van der Waals surface area contributed by atoms with E-state index in [0.717, 1.165) is 28.3 Å². The summed E-state index contributed by atoms with van der Waals surface area (Å²) in [6, 6.07) is 73.7. The van der Waals surface area contributed by atoms with Crippen LogP contribution in [0.5, 0.6) is 0 Å². The molecule has 13 rings (SSSR count). The fourth-order valence-corrected chi connectivity index (χ4v) is 10.6. The van der Waals surface area contributed by atoms with Crippen molar-refractivity contribution in [2.24, 2.45) is 0 Å². The quantitative estimate of drug-likeness (QED) is 0.150. The second-order valence-electron chi connectivity index (χ2n) is 17.9. The second kappa shape index (κ2) is 14.3. The van der Waals surface area contributed by atoms with Gasteiger partial charge in [0.1, 0.15) is 0 Å². The van der Waals surface area contributed by atoms with E-state index in [1.54, 1.807) is 6.20 Å². The average Bonchev–Trinajstić information content (AvgIpc) is 3.90. The molecule has 1 aliphatic rings. The predicted octanol–water partition coefficient (Wildman–Crippen LogP) is 16.1. The molecule has 10 aromatic carbocycles. The molecule has 0 radical (unpaired) electrons. The number of hydrogen-bond donors (Lipinski definition) is 0. The standard InChI is InChI=1S/C61H42N4/c1-61(2)55-12-7-6-11-51(55)52-34-29-48(37-56(52)61)65(46-25-17-40(18-26-46)39-9-4-3-5-10-39)47-27-19-42(20-28-47)50-31-22-45-23-32-53-49(30-21-44-24-33-54(50)59(45)58(44)53)41-13-15-43(16-14-41)57-38-64-36-8-35-62-60(64)63-57/h3-38H,1-2H3. The van der Waals surface area contributed by atoms with E-state index in [2.05, 4.69) is 218 Å². The summed E-state index contributed by atoms with van der Waals surface area (Å²) in [6.07, 6.45) is 5.79. The summed E-state index contributed by atoms with van der Waals surface area (Å²) in [5.74, 6) is 0.701. The van der Waals surface area contributed by atoms with Crippen LogP contribution in [0.25, 0.3) is 93.9 Å². The first-order valence-corrected chi connectivity index (χ1v) is 22.4. The molecule has 12 aromatic rings. The third-order valence-corrected chi connectivity index (χ3v) is 13.9. The molecule has 2 aromatic heterocycles. The van der Waals surface area contributed by atoms with Gasteiger partial charge in [0.05, 0.1) is 5.69 Å². The molecule has 65 heavy (non-hydrogen) atoms. The van der Waals surface area contributed by atoms with Crippen molar-refractivity contribution in [2.75, 3.05) is 4.90 Å². The zero-order valence-electron chi connectivity index (χ0n) is 36.1. The SMILES string of the molecule is CC1(C)c2ccccc2-c2ccc(N(c3ccc(-c4ccccc4)cc3)c3ccc(-c4ccc5ccc6c(-c7ccc(-c8cn9cccnc9n8)cc7)ccc7ccc4c5c76)cc3)cc21. The number of nitrogens with zero attached hydrogens (tertiary/aromatic N) is 4. The van der Waals surface area contributed by atoms with Crippen molar-refractivity contribution in [1.29, 1.82) is 0 Å². The van der Waals surface area contributed by atoms with E-state index in [9.17, 15) is 0 Å². The van der Waals surface area contributed by atoms with Gasteiger partial charge in [0, 0.05) is 46.6 Å². The van der Waals surface area contributed by atoms with E-state index in [-0.39, 0.29) is 5.41 Å². The number of imidazole rings is 1. The topological polar surface area (TPSA) is 33.4 Å². The maximum Gasteiger partial charge on any atom is 0.234 e. The van der Waals surface area contributed by atoms with Gasteiger partial charge in [0.2, 0.25) is 5.78 Å². The minimum atomic E-state index is -0.107. The molecule has 0 bridgehead atoms. The molecule has 0 unspecified atom stereocenters. The van der Waals surface area contributed by atoms with Crippen molar-refractivity contribution in [2.45, 2.75) is 19.3 Å². The predicted molar refractivity (Wildman–Crippen MR) is 271 cm³/mol. The Morgan fingerprint density at radius 3 is 1.62 bits per heavy atom. The smallest absolute Gasteiger partial charge is 0.234 e. The number of benzene rings is 10. The minimum Gasteiger partial charge on any atom is -0.310 e. The third-order valence-electron chi connectivity index (χ3n) is 13.9. The van der Waals surface area contributed by atoms with Crippen LogP contribution in [0.3, 0.4) is 0 Å². The van der Waals surface area contributed by atoms with Gasteiger partial charge >= 0.3 is 0 Å². The Morgan fingerprint density at radius 2 is 0.954 bits per heavy atom. The molecule has 0 aliphatic heterocycles. The summed E-state index contributed by atoms with van der Waals surface area (Å²) in [7, 11) is 0. The maximum atomic E-state index is 4.75. The van der Waals surface area contributed by atoms with Gasteiger partial charge in [0.15, 0.2) is 0 Å². The van der Waals surface area contributed by atoms with Gasteiger partial charge in [0.25, 0.3) is 0 Å². The summed E-state index contributed by atoms with van der Waals surface area (Å²) in [4.78, 5) is 11.6. The number of anilines is 3. The van der Waals surface area contributed by atoms with Gasteiger partial charge in [-0.25, -0.2) is 9.97 Å². The third kappa shape index (κ3) is 5.91. The van der Waals surface area contributed by atoms with Gasteiger partial charge in [-0.3, -0.25) is 4.40 Å². The van der Waals surface area contributed by atoms with E-state index >= 15 is 0 Å². The van der Waals surface area contributed by atoms with Crippen molar-refractivity contribution >= 4 is 55.2 Å². The highest BCUT2D eigenvalue weighted by Gasteiger charge is 2.35. The molecule has 4 heteroatoms. The molecular weight excluding hydrogens is 789 g/mol. The Labute approximate surface area is 377 Å². The normalized spacial score (nSPS) is 12.9. The van der Waals surface area contributed by atoms with Crippen LogP contribution in [-0.2, 0) is 5.41 Å². The monoisotopic (exact) mass is 830 g/mol.